The van der Waals surface area contributed by atoms with Crippen LogP contribution in [0.3, 0.4) is 0 Å². The summed E-state index contributed by atoms with van der Waals surface area (Å²) in [5.74, 6) is 0.356. The van der Waals surface area contributed by atoms with Crippen LogP contribution in [0.25, 0.3) is 21.1 Å². The molecule has 0 aliphatic heterocycles. The minimum Gasteiger partial charge on any atom is -0.494 e. The van der Waals surface area contributed by atoms with Crippen LogP contribution in [0.2, 0.25) is 0 Å². The van der Waals surface area contributed by atoms with Gasteiger partial charge in [-0.1, -0.05) is 6.07 Å². The van der Waals surface area contributed by atoms with E-state index in [0.29, 0.717) is 32.6 Å². The lowest BCUT2D eigenvalue weighted by Gasteiger charge is -2.22. The van der Waals surface area contributed by atoms with Crippen molar-refractivity contribution in [1.29, 1.82) is 0 Å². The monoisotopic (exact) mass is 684 g/mol. The van der Waals surface area contributed by atoms with Gasteiger partial charge in [-0.2, -0.15) is 0 Å². The number of amides is 2. The second kappa shape index (κ2) is 14.1. The number of carbonyl (C=O) groups excluding carboxylic acids is 2. The quantitative estimate of drug-likeness (QED) is 0.123. The van der Waals surface area contributed by atoms with Gasteiger partial charge in [0.05, 0.1) is 39.8 Å². The summed E-state index contributed by atoms with van der Waals surface area (Å²) in [5, 5.41) is 16.4. The molecule has 0 saturated carbocycles. The number of carbonyl (C=O) groups is 2. The van der Waals surface area contributed by atoms with Crippen molar-refractivity contribution in [2.75, 3.05) is 17.7 Å². The molecule has 0 radical (unpaired) electrons. The first-order valence-corrected chi connectivity index (χ1v) is 16.2. The summed E-state index contributed by atoms with van der Waals surface area (Å²) >= 11 is 1.15. The smallest absolute Gasteiger partial charge is 0.417 e. The SMILES string of the molecule is COc1cc(NC(=O)OC(C)C)cnc1-c1ncc(-c2ccc(NC(=O)Oc3ccc([N+](=O)[O-])cc3)cc2S(=O)(=O)NC(C)(C)C)s1. The molecule has 47 heavy (non-hydrogen) atoms. The molecule has 248 valence electrons. The Kier molecular flexibility index (Phi) is 10.4. The Morgan fingerprint density at radius 2 is 1.64 bits per heavy atom. The number of non-ortho nitro benzene ring substituents is 1. The van der Waals surface area contributed by atoms with Crippen LogP contribution in [0.15, 0.2) is 65.8 Å². The molecule has 0 aliphatic carbocycles. The van der Waals surface area contributed by atoms with Crippen molar-refractivity contribution in [1.82, 2.24) is 14.7 Å². The number of pyridine rings is 1. The Morgan fingerprint density at radius 3 is 2.26 bits per heavy atom. The first-order valence-electron chi connectivity index (χ1n) is 13.9. The molecule has 0 atom stereocenters. The zero-order chi connectivity index (χ0) is 34.5. The number of methoxy groups -OCH3 is 1. The number of nitro benzene ring substituents is 1. The van der Waals surface area contributed by atoms with Crippen LogP contribution in [0, 0.1) is 10.1 Å². The first kappa shape index (κ1) is 34.7. The summed E-state index contributed by atoms with van der Waals surface area (Å²) < 4.78 is 45.7. The minimum absolute atomic E-state index is 0.0486. The summed E-state index contributed by atoms with van der Waals surface area (Å²) in [6.07, 6.45) is 1.01. The molecule has 0 spiro atoms. The van der Waals surface area contributed by atoms with Gasteiger partial charge in [0.2, 0.25) is 10.0 Å². The lowest BCUT2D eigenvalue weighted by molar-refractivity contribution is -0.384. The lowest BCUT2D eigenvalue weighted by atomic mass is 10.1. The molecular weight excluding hydrogens is 652 g/mol. The molecule has 2 heterocycles. The average molecular weight is 685 g/mol. The fraction of sp³-hybridized carbons (Fsp3) is 0.267. The fourth-order valence-corrected chi connectivity index (χ4v) is 6.76. The van der Waals surface area contributed by atoms with E-state index in [1.807, 2.05) is 0 Å². The summed E-state index contributed by atoms with van der Waals surface area (Å²) in [7, 11) is -2.70. The maximum atomic E-state index is 13.6. The number of rotatable bonds is 10. The number of nitrogens with one attached hydrogen (secondary N) is 3. The normalized spacial score (nSPS) is 11.6. The molecule has 0 saturated heterocycles. The van der Waals surface area contributed by atoms with E-state index in [-0.39, 0.29) is 28.1 Å². The van der Waals surface area contributed by atoms with E-state index in [9.17, 15) is 28.1 Å². The third kappa shape index (κ3) is 9.21. The molecular formula is C30H32N6O9S2. The zero-order valence-electron chi connectivity index (χ0n) is 26.2. The van der Waals surface area contributed by atoms with E-state index in [4.69, 9.17) is 14.2 Å². The van der Waals surface area contributed by atoms with Gasteiger partial charge in [-0.05, 0) is 58.9 Å². The number of nitrogens with zero attached hydrogens (tertiary/aromatic N) is 3. The van der Waals surface area contributed by atoms with Gasteiger partial charge in [0.1, 0.15) is 22.2 Å². The van der Waals surface area contributed by atoms with Crippen LogP contribution in [-0.2, 0) is 14.8 Å². The summed E-state index contributed by atoms with van der Waals surface area (Å²) in [4.78, 5) is 44.1. The number of benzene rings is 2. The molecule has 2 aromatic carbocycles. The number of aromatic nitrogens is 2. The molecule has 0 aliphatic rings. The molecule has 15 nitrogen and oxygen atoms in total. The Morgan fingerprint density at radius 1 is 0.957 bits per heavy atom. The Bertz CT molecular complexity index is 1900. The van der Waals surface area contributed by atoms with Gasteiger partial charge in [-0.25, -0.2) is 32.7 Å². The number of anilines is 2. The van der Waals surface area contributed by atoms with Crippen molar-refractivity contribution in [3.8, 4) is 32.6 Å². The van der Waals surface area contributed by atoms with E-state index in [1.54, 1.807) is 40.7 Å². The van der Waals surface area contributed by atoms with Crippen LogP contribution >= 0.6 is 11.3 Å². The van der Waals surface area contributed by atoms with Crippen molar-refractivity contribution >= 4 is 50.6 Å². The third-order valence-corrected chi connectivity index (χ3v) is 8.69. The highest BCUT2D eigenvalue weighted by Gasteiger charge is 2.27. The predicted octanol–water partition coefficient (Wildman–Crippen LogP) is 6.43. The van der Waals surface area contributed by atoms with E-state index >= 15 is 0 Å². The molecule has 0 bridgehead atoms. The number of hydrogen-bond donors (Lipinski definition) is 3. The minimum atomic E-state index is -4.14. The van der Waals surface area contributed by atoms with Crippen LogP contribution in [-0.4, -0.2) is 54.2 Å². The highest BCUT2D eigenvalue weighted by Crippen LogP contribution is 2.39. The molecule has 4 aromatic rings. The third-order valence-electron chi connectivity index (χ3n) is 5.85. The molecule has 0 unspecified atom stereocenters. The van der Waals surface area contributed by atoms with Gasteiger partial charge in [0.25, 0.3) is 5.69 Å². The highest BCUT2D eigenvalue weighted by molar-refractivity contribution is 7.89. The van der Waals surface area contributed by atoms with Crippen LogP contribution in [0.1, 0.15) is 34.6 Å². The van der Waals surface area contributed by atoms with E-state index in [0.717, 1.165) is 11.3 Å². The standard InChI is InChI=1S/C30H32N6O9S2/c1-17(2)44-28(37)34-19-13-23(43-6)26(31-15-19)27-32-16-24(46-27)22-12-7-18(14-25(22)47(41,42)35-30(3,4)5)33-29(38)45-21-10-8-20(9-11-21)36(39)40/h7-17,35H,1-6H3,(H,33,38)(H,34,37). The van der Waals surface area contributed by atoms with E-state index < -0.39 is 32.7 Å². The van der Waals surface area contributed by atoms with Gasteiger partial charge < -0.3 is 14.2 Å². The Hall–Kier alpha value is -5.13. The topological polar surface area (TPSA) is 201 Å². The largest absolute Gasteiger partial charge is 0.494 e. The summed E-state index contributed by atoms with van der Waals surface area (Å²) in [6.45, 7) is 8.52. The number of hydrogen-bond acceptors (Lipinski definition) is 12. The first-order chi connectivity index (χ1) is 22.0. The van der Waals surface area contributed by atoms with Crippen molar-refractivity contribution in [2.45, 2.75) is 51.2 Å². The van der Waals surface area contributed by atoms with Gasteiger partial charge in [-0.15, -0.1) is 11.3 Å². The lowest BCUT2D eigenvalue weighted by Crippen LogP contribution is -2.40. The van der Waals surface area contributed by atoms with Gasteiger partial charge in [0.15, 0.2) is 0 Å². The predicted molar refractivity (Wildman–Crippen MR) is 175 cm³/mol. The van der Waals surface area contributed by atoms with Crippen LogP contribution in [0.5, 0.6) is 11.5 Å². The van der Waals surface area contributed by atoms with Crippen molar-refractivity contribution in [2.24, 2.45) is 0 Å². The molecule has 0 fully saturated rings. The highest BCUT2D eigenvalue weighted by atomic mass is 32.2. The Balaban J connectivity index is 1.65. The van der Waals surface area contributed by atoms with Gasteiger partial charge >= 0.3 is 12.2 Å². The molecule has 2 amide bonds. The van der Waals surface area contributed by atoms with Crippen LogP contribution in [0.4, 0.5) is 26.7 Å². The number of nitro groups is 1. The van der Waals surface area contributed by atoms with E-state index in [2.05, 4.69) is 25.3 Å². The van der Waals surface area contributed by atoms with Crippen molar-refractivity contribution in [3.63, 3.8) is 0 Å². The molecule has 2 aromatic heterocycles. The molecule has 17 heteroatoms. The zero-order valence-corrected chi connectivity index (χ0v) is 27.8. The molecule has 3 N–H and O–H groups in total. The van der Waals surface area contributed by atoms with E-state index in [1.165, 1.54) is 62.0 Å². The number of thiazole rings is 1. The number of ether oxygens (including phenoxy) is 3. The molecule has 4 rings (SSSR count). The van der Waals surface area contributed by atoms with Gasteiger partial charge in [0, 0.05) is 41.2 Å². The van der Waals surface area contributed by atoms with Gasteiger partial charge in [-0.3, -0.25) is 20.7 Å². The second-order valence-corrected chi connectivity index (χ2v) is 13.9. The Labute approximate surface area is 274 Å². The average Bonchev–Trinajstić information content (AvgIpc) is 3.45. The fourth-order valence-electron chi connectivity index (χ4n) is 4.07. The maximum absolute atomic E-state index is 13.6. The van der Waals surface area contributed by atoms with Crippen molar-refractivity contribution < 1.29 is 37.1 Å². The summed E-state index contributed by atoms with van der Waals surface area (Å²) in [5.41, 5.74) is 0.103. The second-order valence-electron chi connectivity index (χ2n) is 11.2. The summed E-state index contributed by atoms with van der Waals surface area (Å²) in [6, 6.07) is 10.8. The van der Waals surface area contributed by atoms with Crippen molar-refractivity contribution in [3.05, 3.63) is 71.0 Å². The number of sulfonamides is 1. The van der Waals surface area contributed by atoms with Crippen LogP contribution < -0.4 is 24.8 Å². The maximum Gasteiger partial charge on any atom is 0.417 e.